The lowest BCUT2D eigenvalue weighted by molar-refractivity contribution is 0.103. The van der Waals surface area contributed by atoms with Crippen LogP contribution in [0.25, 0.3) is 10.2 Å². The molecule has 3 heterocycles. The number of hydrogen-bond acceptors (Lipinski definition) is 6. The van der Waals surface area contributed by atoms with Crippen LogP contribution in [0.3, 0.4) is 0 Å². The molecule has 0 aliphatic heterocycles. The molecule has 1 N–H and O–H groups in total. The van der Waals surface area contributed by atoms with Gasteiger partial charge >= 0.3 is 0 Å². The summed E-state index contributed by atoms with van der Waals surface area (Å²) in [5.41, 5.74) is 2.14. The van der Waals surface area contributed by atoms with Gasteiger partial charge in [0, 0.05) is 34.9 Å². The smallest absolute Gasteiger partial charge is 0.267 e. The lowest BCUT2D eigenvalue weighted by Gasteiger charge is -2.02. The summed E-state index contributed by atoms with van der Waals surface area (Å²) in [6.07, 6.45) is 4.12. The van der Waals surface area contributed by atoms with Gasteiger partial charge in [0.1, 0.15) is 22.3 Å². The summed E-state index contributed by atoms with van der Waals surface area (Å²) in [6, 6.07) is 3.51. The second-order valence-corrected chi connectivity index (χ2v) is 9.79. The van der Waals surface area contributed by atoms with Crippen LogP contribution in [0.4, 0.5) is 13.9 Å². The van der Waals surface area contributed by atoms with E-state index in [1.807, 2.05) is 13.8 Å². The number of amides is 1. The van der Waals surface area contributed by atoms with Crippen molar-refractivity contribution in [2.75, 3.05) is 5.32 Å². The van der Waals surface area contributed by atoms with Gasteiger partial charge < -0.3 is 0 Å². The first kappa shape index (κ1) is 20.1. The summed E-state index contributed by atoms with van der Waals surface area (Å²) < 4.78 is 27.0. The van der Waals surface area contributed by atoms with E-state index in [0.29, 0.717) is 21.5 Å². The topological polar surface area (TPSA) is 67.8 Å². The molecule has 0 saturated heterocycles. The van der Waals surface area contributed by atoms with Gasteiger partial charge in [0.2, 0.25) is 0 Å². The third kappa shape index (κ3) is 3.95. The summed E-state index contributed by atoms with van der Waals surface area (Å²) in [7, 11) is 0. The van der Waals surface area contributed by atoms with Crippen molar-refractivity contribution >= 4 is 43.9 Å². The Hall–Kier alpha value is -2.78. The molecule has 0 atom stereocenters. The number of rotatable bonds is 5. The lowest BCUT2D eigenvalue weighted by Crippen LogP contribution is -2.11. The molecule has 4 aromatic rings. The average molecular weight is 457 g/mol. The molecule has 1 aromatic carbocycles. The minimum absolute atomic E-state index is 0.248. The molecular weight excluding hydrogens is 438 g/mol. The number of aryl methyl sites for hydroxylation is 2. The molecule has 1 fully saturated rings. The van der Waals surface area contributed by atoms with E-state index in [1.54, 1.807) is 6.20 Å². The van der Waals surface area contributed by atoms with Crippen molar-refractivity contribution in [2.24, 2.45) is 0 Å². The molecule has 1 amide bonds. The van der Waals surface area contributed by atoms with Crippen molar-refractivity contribution in [1.29, 1.82) is 0 Å². The second-order valence-electron chi connectivity index (χ2n) is 7.68. The van der Waals surface area contributed by atoms with E-state index >= 15 is 0 Å². The maximum absolute atomic E-state index is 13.9. The highest BCUT2D eigenvalue weighted by atomic mass is 32.1. The first-order valence-corrected chi connectivity index (χ1v) is 11.5. The molecular formula is C22H18F2N4OS2. The summed E-state index contributed by atoms with van der Waals surface area (Å²) in [4.78, 5) is 28.7. The molecule has 158 valence electrons. The van der Waals surface area contributed by atoms with Gasteiger partial charge in [-0.05, 0) is 43.9 Å². The third-order valence-electron chi connectivity index (χ3n) is 5.29. The number of fused-ring (bicyclic) bond motifs is 1. The Bertz CT molecular complexity index is 1330. The summed E-state index contributed by atoms with van der Waals surface area (Å²) in [5.74, 6) is -0.136. The van der Waals surface area contributed by atoms with E-state index in [-0.39, 0.29) is 12.3 Å². The molecule has 5 nitrogen and oxygen atoms in total. The lowest BCUT2D eigenvalue weighted by atomic mass is 10.1. The van der Waals surface area contributed by atoms with Gasteiger partial charge in [-0.1, -0.05) is 6.07 Å². The van der Waals surface area contributed by atoms with Crippen LogP contribution in [0, 0.1) is 25.5 Å². The maximum atomic E-state index is 13.9. The summed E-state index contributed by atoms with van der Waals surface area (Å²) in [5, 5.41) is 4.20. The van der Waals surface area contributed by atoms with Gasteiger partial charge in [-0.15, -0.1) is 22.7 Å². The molecule has 5 rings (SSSR count). The Morgan fingerprint density at radius 2 is 2.00 bits per heavy atom. The van der Waals surface area contributed by atoms with E-state index in [9.17, 15) is 13.6 Å². The molecule has 1 aliphatic rings. The maximum Gasteiger partial charge on any atom is 0.267 e. The quantitative estimate of drug-likeness (QED) is 0.414. The number of hydrogen-bond donors (Lipinski definition) is 1. The van der Waals surface area contributed by atoms with Crippen LogP contribution < -0.4 is 5.32 Å². The van der Waals surface area contributed by atoms with Gasteiger partial charge in [0.15, 0.2) is 5.13 Å². The Labute approximate surface area is 185 Å². The zero-order valence-electron chi connectivity index (χ0n) is 16.8. The Morgan fingerprint density at radius 3 is 2.74 bits per heavy atom. The molecule has 0 unspecified atom stereocenters. The number of aromatic nitrogens is 3. The molecule has 0 spiro atoms. The van der Waals surface area contributed by atoms with Gasteiger partial charge in [-0.25, -0.2) is 23.7 Å². The van der Waals surface area contributed by atoms with Crippen LogP contribution >= 0.6 is 22.7 Å². The number of thiazole rings is 1. The van der Waals surface area contributed by atoms with Crippen LogP contribution in [0.1, 0.15) is 56.0 Å². The van der Waals surface area contributed by atoms with Crippen molar-refractivity contribution in [3.05, 3.63) is 68.4 Å². The predicted molar refractivity (Wildman–Crippen MR) is 118 cm³/mol. The zero-order valence-corrected chi connectivity index (χ0v) is 18.5. The number of thiophene rings is 1. The minimum atomic E-state index is -0.610. The Morgan fingerprint density at radius 1 is 1.19 bits per heavy atom. The summed E-state index contributed by atoms with van der Waals surface area (Å²) in [6.45, 7) is 3.87. The molecule has 31 heavy (non-hydrogen) atoms. The van der Waals surface area contributed by atoms with Crippen LogP contribution in [0.15, 0.2) is 24.4 Å². The van der Waals surface area contributed by atoms with Crippen LogP contribution in [-0.2, 0) is 6.42 Å². The highest BCUT2D eigenvalue weighted by Crippen LogP contribution is 2.40. The van der Waals surface area contributed by atoms with E-state index in [0.717, 1.165) is 51.1 Å². The van der Waals surface area contributed by atoms with Crippen molar-refractivity contribution in [1.82, 2.24) is 15.0 Å². The molecule has 0 bridgehead atoms. The van der Waals surface area contributed by atoms with Crippen molar-refractivity contribution in [3.8, 4) is 0 Å². The van der Waals surface area contributed by atoms with E-state index in [4.69, 9.17) is 0 Å². The van der Waals surface area contributed by atoms with E-state index < -0.39 is 11.6 Å². The standard InChI is InChI=1S/C22H18F2N4OS2/c1-10-17-11(2)26-19(12-3-4-12)27-21(17)31-18(10)20(29)28-22-25-9-15(30-22)7-13-5-6-14(23)8-16(13)24/h5-6,8-9,12H,3-4,7H2,1-2H3,(H,25,28,29). The first-order valence-electron chi connectivity index (χ1n) is 9.86. The first-order chi connectivity index (χ1) is 14.9. The molecule has 0 radical (unpaired) electrons. The van der Waals surface area contributed by atoms with Gasteiger partial charge in [-0.2, -0.15) is 0 Å². The second kappa shape index (κ2) is 7.72. The molecule has 3 aromatic heterocycles. The largest absolute Gasteiger partial charge is 0.297 e. The van der Waals surface area contributed by atoms with Crippen LogP contribution in [0.5, 0.6) is 0 Å². The fourth-order valence-corrected chi connectivity index (χ4v) is 5.52. The van der Waals surface area contributed by atoms with Crippen molar-refractivity contribution in [3.63, 3.8) is 0 Å². The number of anilines is 1. The highest BCUT2D eigenvalue weighted by molar-refractivity contribution is 7.21. The summed E-state index contributed by atoms with van der Waals surface area (Å²) >= 11 is 2.63. The molecule has 1 saturated carbocycles. The van der Waals surface area contributed by atoms with Crippen LogP contribution in [-0.4, -0.2) is 20.9 Å². The number of halogens is 2. The monoisotopic (exact) mass is 456 g/mol. The molecule has 9 heteroatoms. The van der Waals surface area contributed by atoms with Gasteiger partial charge in [0.05, 0.1) is 10.6 Å². The van der Waals surface area contributed by atoms with Gasteiger partial charge in [0.25, 0.3) is 5.91 Å². The number of carbonyl (C=O) groups is 1. The number of carbonyl (C=O) groups excluding carboxylic acids is 1. The molecule has 1 aliphatic carbocycles. The number of nitrogens with one attached hydrogen (secondary N) is 1. The Kier molecular flexibility index (Phi) is 5.02. The average Bonchev–Trinajstić information content (AvgIpc) is 3.39. The SMILES string of the molecule is Cc1nc(C2CC2)nc2sc(C(=O)Nc3ncc(Cc4ccc(F)cc4F)s3)c(C)c12. The van der Waals surface area contributed by atoms with E-state index in [1.165, 1.54) is 34.8 Å². The Balaban J connectivity index is 1.36. The van der Waals surface area contributed by atoms with Crippen LogP contribution in [0.2, 0.25) is 0 Å². The fraction of sp³-hybridized carbons (Fsp3) is 0.273. The van der Waals surface area contributed by atoms with Crippen molar-refractivity contribution in [2.45, 2.75) is 39.0 Å². The van der Waals surface area contributed by atoms with E-state index in [2.05, 4.69) is 20.3 Å². The van der Waals surface area contributed by atoms with Gasteiger partial charge in [-0.3, -0.25) is 10.1 Å². The highest BCUT2D eigenvalue weighted by Gasteiger charge is 2.28. The predicted octanol–water partition coefficient (Wildman–Crippen LogP) is 5.76. The third-order valence-corrected chi connectivity index (χ3v) is 7.39. The zero-order chi connectivity index (χ0) is 21.7. The van der Waals surface area contributed by atoms with Crippen molar-refractivity contribution < 1.29 is 13.6 Å². The number of benzene rings is 1. The number of nitrogens with zero attached hydrogens (tertiary/aromatic N) is 3. The fourth-order valence-electron chi connectivity index (χ4n) is 3.55. The minimum Gasteiger partial charge on any atom is -0.297 e. The normalized spacial score (nSPS) is 13.7.